The van der Waals surface area contributed by atoms with Crippen LogP contribution in [0.15, 0.2) is 42.5 Å². The van der Waals surface area contributed by atoms with Crippen molar-refractivity contribution in [3.05, 3.63) is 59.4 Å². The number of carbonyl (C=O) groups is 1. The number of likely N-dealkylation sites (tertiary alicyclic amines) is 1. The maximum atomic E-state index is 13.3. The van der Waals surface area contributed by atoms with Crippen LogP contribution in [-0.2, 0) is 4.79 Å². The van der Waals surface area contributed by atoms with E-state index in [2.05, 4.69) is 42.3 Å². The van der Waals surface area contributed by atoms with Crippen molar-refractivity contribution in [3.8, 4) is 5.75 Å². The maximum Gasteiger partial charge on any atom is 0.241 e. The Kier molecular flexibility index (Phi) is 6.11. The van der Waals surface area contributed by atoms with Crippen LogP contribution < -0.4 is 10.1 Å². The summed E-state index contributed by atoms with van der Waals surface area (Å²) in [6.07, 6.45) is 1.93. The molecule has 1 saturated heterocycles. The number of hydrogen-bond acceptors (Lipinski definition) is 3. The number of anilines is 1. The zero-order valence-electron chi connectivity index (χ0n) is 16.2. The molecular weight excluding hydrogens is 343 g/mol. The van der Waals surface area contributed by atoms with Crippen molar-refractivity contribution in [2.24, 2.45) is 0 Å². The minimum atomic E-state index is -0.357. The molecule has 5 heteroatoms. The van der Waals surface area contributed by atoms with Crippen LogP contribution in [0.3, 0.4) is 0 Å². The second kappa shape index (κ2) is 8.53. The Morgan fingerprint density at radius 3 is 2.63 bits per heavy atom. The first-order chi connectivity index (χ1) is 12.9. The minimum Gasteiger partial charge on any atom is -0.490 e. The Hall–Kier alpha value is -2.40. The Bertz CT molecular complexity index is 801. The van der Waals surface area contributed by atoms with Crippen molar-refractivity contribution in [3.63, 3.8) is 0 Å². The normalized spacial score (nSPS) is 16.7. The molecule has 1 amide bonds. The highest BCUT2D eigenvalue weighted by Gasteiger charge is 2.27. The van der Waals surface area contributed by atoms with E-state index in [4.69, 9.17) is 4.74 Å². The Morgan fingerprint density at radius 2 is 1.93 bits per heavy atom. The van der Waals surface area contributed by atoms with Gasteiger partial charge in [0.15, 0.2) is 0 Å². The number of nitrogens with one attached hydrogen (secondary N) is 1. The van der Waals surface area contributed by atoms with Gasteiger partial charge in [-0.2, -0.15) is 0 Å². The van der Waals surface area contributed by atoms with Gasteiger partial charge in [0.25, 0.3) is 0 Å². The van der Waals surface area contributed by atoms with E-state index in [9.17, 15) is 9.18 Å². The largest absolute Gasteiger partial charge is 0.490 e. The van der Waals surface area contributed by atoms with E-state index in [-0.39, 0.29) is 23.9 Å². The number of halogens is 1. The maximum absolute atomic E-state index is 13.3. The molecular formula is C22H27FN2O2. The summed E-state index contributed by atoms with van der Waals surface area (Å²) in [6.45, 7) is 7.61. The molecule has 2 aromatic rings. The molecule has 1 unspecified atom stereocenters. The first-order valence-corrected chi connectivity index (χ1v) is 9.47. The molecule has 2 aromatic carbocycles. The first-order valence-electron chi connectivity index (χ1n) is 9.47. The summed E-state index contributed by atoms with van der Waals surface area (Å²) in [4.78, 5) is 14.6. The van der Waals surface area contributed by atoms with Crippen LogP contribution in [0.25, 0.3) is 0 Å². The zero-order valence-corrected chi connectivity index (χ0v) is 16.2. The minimum absolute atomic E-state index is 0.116. The van der Waals surface area contributed by atoms with E-state index in [1.54, 1.807) is 12.1 Å². The van der Waals surface area contributed by atoms with Crippen LogP contribution in [0.1, 0.15) is 30.9 Å². The van der Waals surface area contributed by atoms with Gasteiger partial charge >= 0.3 is 0 Å². The Labute approximate surface area is 160 Å². The van der Waals surface area contributed by atoms with Crippen molar-refractivity contribution in [1.82, 2.24) is 4.90 Å². The van der Waals surface area contributed by atoms with Gasteiger partial charge in [-0.3, -0.25) is 9.69 Å². The molecule has 0 saturated carbocycles. The number of benzene rings is 2. The van der Waals surface area contributed by atoms with Gasteiger partial charge in [-0.05, 0) is 69.0 Å². The Morgan fingerprint density at radius 1 is 1.19 bits per heavy atom. The van der Waals surface area contributed by atoms with Gasteiger partial charge in [-0.15, -0.1) is 0 Å². The van der Waals surface area contributed by atoms with Gasteiger partial charge in [0.05, 0.1) is 6.04 Å². The van der Waals surface area contributed by atoms with E-state index < -0.39 is 0 Å². The second-order valence-corrected chi connectivity index (χ2v) is 7.30. The van der Waals surface area contributed by atoms with Gasteiger partial charge in [0.1, 0.15) is 17.7 Å². The summed E-state index contributed by atoms with van der Waals surface area (Å²) in [5, 5.41) is 2.79. The van der Waals surface area contributed by atoms with Crippen molar-refractivity contribution in [1.29, 1.82) is 0 Å². The van der Waals surface area contributed by atoms with Gasteiger partial charge in [-0.1, -0.05) is 18.2 Å². The molecule has 1 N–H and O–H groups in total. The summed E-state index contributed by atoms with van der Waals surface area (Å²) in [5.74, 6) is 0.477. The third-order valence-corrected chi connectivity index (χ3v) is 5.13. The van der Waals surface area contributed by atoms with Crippen LogP contribution in [0.5, 0.6) is 5.75 Å². The van der Waals surface area contributed by atoms with Crippen LogP contribution in [0.2, 0.25) is 0 Å². The summed E-state index contributed by atoms with van der Waals surface area (Å²) >= 11 is 0. The van der Waals surface area contributed by atoms with E-state index in [1.165, 1.54) is 17.7 Å². The number of amides is 1. The molecule has 144 valence electrons. The average molecular weight is 370 g/mol. The van der Waals surface area contributed by atoms with Gasteiger partial charge in [0.2, 0.25) is 5.91 Å². The molecule has 0 spiro atoms. The van der Waals surface area contributed by atoms with Gasteiger partial charge in [-0.25, -0.2) is 4.39 Å². The number of nitrogens with zero attached hydrogens (tertiary/aromatic N) is 1. The van der Waals surface area contributed by atoms with Crippen LogP contribution in [0.4, 0.5) is 10.1 Å². The lowest BCUT2D eigenvalue weighted by atomic mass is 10.0. The molecule has 1 aliphatic rings. The number of ether oxygens (including phenoxy) is 1. The van der Waals surface area contributed by atoms with Crippen LogP contribution in [0, 0.1) is 19.7 Å². The van der Waals surface area contributed by atoms with Crippen molar-refractivity contribution in [2.45, 2.75) is 45.8 Å². The van der Waals surface area contributed by atoms with Gasteiger partial charge in [0, 0.05) is 18.8 Å². The number of piperidine rings is 1. The smallest absolute Gasteiger partial charge is 0.241 e. The van der Waals surface area contributed by atoms with Gasteiger partial charge < -0.3 is 10.1 Å². The van der Waals surface area contributed by atoms with Crippen molar-refractivity contribution in [2.75, 3.05) is 18.4 Å². The van der Waals surface area contributed by atoms with E-state index >= 15 is 0 Å². The topological polar surface area (TPSA) is 41.6 Å². The lowest BCUT2D eigenvalue weighted by molar-refractivity contribution is -0.121. The molecule has 1 fully saturated rings. The molecule has 0 radical (unpaired) electrons. The molecule has 0 aliphatic carbocycles. The molecule has 3 rings (SSSR count). The number of rotatable bonds is 5. The molecule has 27 heavy (non-hydrogen) atoms. The number of hydrogen-bond donors (Lipinski definition) is 1. The monoisotopic (exact) mass is 370 g/mol. The summed E-state index contributed by atoms with van der Waals surface area (Å²) in [5.41, 5.74) is 2.82. The van der Waals surface area contributed by atoms with Crippen LogP contribution >= 0.6 is 0 Å². The third kappa shape index (κ3) is 5.07. The highest BCUT2D eigenvalue weighted by molar-refractivity contribution is 5.94. The first kappa shape index (κ1) is 19.4. The second-order valence-electron chi connectivity index (χ2n) is 7.30. The lowest BCUT2D eigenvalue weighted by Gasteiger charge is -2.35. The predicted octanol–water partition coefficient (Wildman–Crippen LogP) is 4.31. The lowest BCUT2D eigenvalue weighted by Crippen LogP contribution is -2.47. The molecule has 0 bridgehead atoms. The summed E-state index contributed by atoms with van der Waals surface area (Å²) in [7, 11) is 0. The molecule has 1 atom stereocenters. The van der Waals surface area contributed by atoms with E-state index in [1.807, 2.05) is 6.92 Å². The third-order valence-electron chi connectivity index (χ3n) is 5.13. The molecule has 1 aliphatic heterocycles. The fraction of sp³-hybridized carbons (Fsp3) is 0.409. The molecule has 1 heterocycles. The highest BCUT2D eigenvalue weighted by atomic mass is 19.1. The zero-order chi connectivity index (χ0) is 19.4. The SMILES string of the molecule is Cc1ccc(C)c(OC2CCN(C(C)C(=O)Nc3cccc(F)c3)CC2)c1. The highest BCUT2D eigenvalue weighted by Crippen LogP contribution is 2.24. The van der Waals surface area contributed by atoms with E-state index in [0.29, 0.717) is 5.69 Å². The number of carbonyl (C=O) groups excluding carboxylic acids is 1. The quantitative estimate of drug-likeness (QED) is 0.853. The van der Waals surface area contributed by atoms with Crippen LogP contribution in [-0.4, -0.2) is 36.0 Å². The van der Waals surface area contributed by atoms with Crippen molar-refractivity contribution < 1.29 is 13.9 Å². The standard InChI is InChI=1S/C22H27FN2O2/c1-15-7-8-16(2)21(13-15)27-20-9-11-25(12-10-20)17(3)22(26)24-19-6-4-5-18(23)14-19/h4-8,13-14,17,20H,9-12H2,1-3H3,(H,24,26). The fourth-order valence-corrected chi connectivity index (χ4v) is 3.37. The summed E-state index contributed by atoms with van der Waals surface area (Å²) in [6, 6.07) is 12.0. The average Bonchev–Trinajstić information content (AvgIpc) is 2.65. The number of aryl methyl sites for hydroxylation is 2. The van der Waals surface area contributed by atoms with E-state index in [0.717, 1.165) is 37.2 Å². The molecule has 0 aromatic heterocycles. The van der Waals surface area contributed by atoms with Crippen molar-refractivity contribution >= 4 is 11.6 Å². The molecule has 4 nitrogen and oxygen atoms in total. The Balaban J connectivity index is 1.52. The fourth-order valence-electron chi connectivity index (χ4n) is 3.37. The summed E-state index contributed by atoms with van der Waals surface area (Å²) < 4.78 is 19.5. The predicted molar refractivity (Wildman–Crippen MR) is 106 cm³/mol.